The smallest absolute Gasteiger partial charge is 0.282 e. The number of nitrogens with two attached hydrogens (primary N) is 1. The van der Waals surface area contributed by atoms with Crippen LogP contribution in [0, 0.1) is 10.1 Å². The van der Waals surface area contributed by atoms with E-state index in [-0.39, 0.29) is 11.3 Å². The van der Waals surface area contributed by atoms with E-state index in [9.17, 15) is 14.9 Å². The number of rotatable bonds is 6. The number of carbonyl (C=O) groups is 1. The summed E-state index contributed by atoms with van der Waals surface area (Å²) in [7, 11) is 0. The molecule has 0 aliphatic rings. The predicted molar refractivity (Wildman–Crippen MR) is 79.1 cm³/mol. The molecule has 0 unspecified atom stereocenters. The molecular weight excluding hydrogens is 294 g/mol. The minimum atomic E-state index is -0.601. The fourth-order valence-electron chi connectivity index (χ4n) is 1.72. The van der Waals surface area contributed by atoms with Gasteiger partial charge in [-0.1, -0.05) is 0 Å². The third-order valence-electron chi connectivity index (χ3n) is 2.71. The summed E-state index contributed by atoms with van der Waals surface area (Å²) in [5.74, 6) is 4.73. The minimum absolute atomic E-state index is 0.0328. The molecule has 0 saturated carbocycles. The van der Waals surface area contributed by atoms with E-state index in [4.69, 9.17) is 5.84 Å². The maximum Gasteiger partial charge on any atom is 0.282 e. The van der Waals surface area contributed by atoms with Gasteiger partial charge in [0.25, 0.3) is 11.6 Å². The summed E-state index contributed by atoms with van der Waals surface area (Å²) in [4.78, 5) is 26.5. The van der Waals surface area contributed by atoms with Gasteiger partial charge in [-0.2, -0.15) is 0 Å². The van der Waals surface area contributed by atoms with E-state index in [0.29, 0.717) is 18.7 Å². The molecule has 4 N–H and O–H groups in total. The van der Waals surface area contributed by atoms with E-state index in [1.807, 2.05) is 5.38 Å². The van der Waals surface area contributed by atoms with Gasteiger partial charge in [0, 0.05) is 36.3 Å². The van der Waals surface area contributed by atoms with Crippen molar-refractivity contribution in [3.8, 4) is 0 Å². The number of nitrogen functional groups attached to an aromatic ring is 1. The average molecular weight is 307 g/mol. The molecule has 0 aliphatic heterocycles. The molecule has 21 heavy (non-hydrogen) atoms. The zero-order chi connectivity index (χ0) is 15.2. The molecule has 9 heteroatoms. The molecule has 1 aromatic carbocycles. The molecule has 0 saturated heterocycles. The fraction of sp³-hybridized carbons (Fsp3) is 0.167. The zero-order valence-electron chi connectivity index (χ0n) is 10.9. The Balaban J connectivity index is 2.08. The molecule has 1 aromatic heterocycles. The van der Waals surface area contributed by atoms with Gasteiger partial charge in [-0.3, -0.25) is 20.8 Å². The largest absolute Gasteiger partial charge is 0.351 e. The molecular formula is C12H13N5O3S. The van der Waals surface area contributed by atoms with E-state index in [1.54, 1.807) is 6.20 Å². The van der Waals surface area contributed by atoms with Crippen LogP contribution >= 0.6 is 11.3 Å². The highest BCUT2D eigenvalue weighted by Gasteiger charge is 2.20. The van der Waals surface area contributed by atoms with Crippen LogP contribution in [-0.2, 0) is 6.42 Å². The standard InChI is InChI=1S/C12H13N5O3S/c13-16-8-1-2-10(17(19)20)9(7-8)12(18)15-4-3-11-14-5-6-21-11/h1-2,5-7,16H,3-4,13H2,(H,15,18). The molecule has 8 nitrogen and oxygen atoms in total. The number of anilines is 1. The molecule has 0 aliphatic carbocycles. The highest BCUT2D eigenvalue weighted by atomic mass is 32.1. The minimum Gasteiger partial charge on any atom is -0.351 e. The normalized spacial score (nSPS) is 10.1. The molecule has 2 aromatic rings. The molecule has 0 atom stereocenters. The fourth-order valence-corrected chi connectivity index (χ4v) is 2.34. The maximum atomic E-state index is 12.1. The average Bonchev–Trinajstić information content (AvgIpc) is 2.99. The number of nitro groups is 1. The van der Waals surface area contributed by atoms with Crippen molar-refractivity contribution in [1.82, 2.24) is 10.3 Å². The SMILES string of the molecule is NNc1ccc([N+](=O)[O-])c(C(=O)NCCc2nccs2)c1. The van der Waals surface area contributed by atoms with E-state index < -0.39 is 10.8 Å². The topological polar surface area (TPSA) is 123 Å². The Labute approximate surface area is 124 Å². The van der Waals surface area contributed by atoms with Crippen molar-refractivity contribution in [3.63, 3.8) is 0 Å². The van der Waals surface area contributed by atoms with Gasteiger partial charge in [-0.25, -0.2) is 4.98 Å². The lowest BCUT2D eigenvalue weighted by atomic mass is 10.1. The number of thiazole rings is 1. The van der Waals surface area contributed by atoms with Crippen molar-refractivity contribution in [2.75, 3.05) is 12.0 Å². The first-order chi connectivity index (χ1) is 10.1. The van der Waals surface area contributed by atoms with Crippen molar-refractivity contribution in [2.45, 2.75) is 6.42 Å². The number of carbonyl (C=O) groups excluding carboxylic acids is 1. The summed E-state index contributed by atoms with van der Waals surface area (Å²) >= 11 is 1.49. The number of hydrogen-bond acceptors (Lipinski definition) is 7. The first kappa shape index (κ1) is 14.9. The van der Waals surface area contributed by atoms with Gasteiger partial charge in [0.15, 0.2) is 0 Å². The lowest BCUT2D eigenvalue weighted by molar-refractivity contribution is -0.385. The Kier molecular flexibility index (Phi) is 4.80. The van der Waals surface area contributed by atoms with E-state index in [1.165, 1.54) is 29.5 Å². The highest BCUT2D eigenvalue weighted by Crippen LogP contribution is 2.22. The lowest BCUT2D eigenvalue weighted by Gasteiger charge is -2.07. The predicted octanol–water partition coefficient (Wildman–Crippen LogP) is 1.31. The van der Waals surface area contributed by atoms with Gasteiger partial charge < -0.3 is 10.7 Å². The van der Waals surface area contributed by atoms with Gasteiger partial charge in [0.1, 0.15) is 5.56 Å². The van der Waals surface area contributed by atoms with Crippen LogP contribution in [0.3, 0.4) is 0 Å². The van der Waals surface area contributed by atoms with Gasteiger partial charge >= 0.3 is 0 Å². The number of aromatic nitrogens is 1. The number of nitro benzene ring substituents is 1. The number of hydrazine groups is 1. The molecule has 1 heterocycles. The number of amides is 1. The highest BCUT2D eigenvalue weighted by molar-refractivity contribution is 7.09. The Morgan fingerprint density at radius 3 is 2.90 bits per heavy atom. The van der Waals surface area contributed by atoms with Crippen LogP contribution in [0.25, 0.3) is 0 Å². The van der Waals surface area contributed by atoms with Crippen molar-refractivity contribution in [1.29, 1.82) is 0 Å². The van der Waals surface area contributed by atoms with Crippen LogP contribution in [0.2, 0.25) is 0 Å². The summed E-state index contributed by atoms with van der Waals surface area (Å²) in [5.41, 5.74) is 2.48. The molecule has 0 radical (unpaired) electrons. The van der Waals surface area contributed by atoms with Crippen molar-refractivity contribution >= 4 is 28.6 Å². The molecule has 1 amide bonds. The van der Waals surface area contributed by atoms with Crippen molar-refractivity contribution < 1.29 is 9.72 Å². The number of hydrogen-bond donors (Lipinski definition) is 3. The monoisotopic (exact) mass is 307 g/mol. The third-order valence-corrected chi connectivity index (χ3v) is 3.55. The van der Waals surface area contributed by atoms with Gasteiger partial charge in [-0.15, -0.1) is 11.3 Å². The van der Waals surface area contributed by atoms with E-state index in [2.05, 4.69) is 15.7 Å². The Bertz CT molecular complexity index is 644. The molecule has 0 spiro atoms. The molecule has 110 valence electrons. The Morgan fingerprint density at radius 2 is 2.29 bits per heavy atom. The molecule has 0 fully saturated rings. The summed E-state index contributed by atoms with van der Waals surface area (Å²) < 4.78 is 0. The number of nitrogens with one attached hydrogen (secondary N) is 2. The van der Waals surface area contributed by atoms with Gasteiger partial charge in [0.2, 0.25) is 0 Å². The van der Waals surface area contributed by atoms with Crippen LogP contribution in [0.1, 0.15) is 15.4 Å². The van der Waals surface area contributed by atoms with Crippen LogP contribution in [0.15, 0.2) is 29.8 Å². The lowest BCUT2D eigenvalue weighted by Crippen LogP contribution is -2.26. The van der Waals surface area contributed by atoms with Crippen molar-refractivity contribution in [2.24, 2.45) is 5.84 Å². The zero-order valence-corrected chi connectivity index (χ0v) is 11.7. The van der Waals surface area contributed by atoms with E-state index in [0.717, 1.165) is 5.01 Å². The second kappa shape index (κ2) is 6.77. The summed E-state index contributed by atoms with van der Waals surface area (Å²) in [5, 5.41) is 16.3. The summed E-state index contributed by atoms with van der Waals surface area (Å²) in [6.45, 7) is 0.351. The van der Waals surface area contributed by atoms with Crippen molar-refractivity contribution in [3.05, 3.63) is 50.5 Å². The second-order valence-corrected chi connectivity index (χ2v) is 5.04. The second-order valence-electron chi connectivity index (χ2n) is 4.07. The molecule has 0 bridgehead atoms. The first-order valence-corrected chi connectivity index (χ1v) is 6.91. The van der Waals surface area contributed by atoms with Gasteiger partial charge in [-0.05, 0) is 12.1 Å². The molecule has 2 rings (SSSR count). The van der Waals surface area contributed by atoms with Crippen LogP contribution in [0.5, 0.6) is 0 Å². The third kappa shape index (κ3) is 3.74. The Hall–Kier alpha value is -2.52. The maximum absolute atomic E-state index is 12.1. The quantitative estimate of drug-likeness (QED) is 0.420. The van der Waals surface area contributed by atoms with Crippen LogP contribution < -0.4 is 16.6 Å². The summed E-state index contributed by atoms with van der Waals surface area (Å²) in [6.07, 6.45) is 2.26. The van der Waals surface area contributed by atoms with Crippen LogP contribution in [0.4, 0.5) is 11.4 Å². The van der Waals surface area contributed by atoms with Gasteiger partial charge in [0.05, 0.1) is 9.93 Å². The summed E-state index contributed by atoms with van der Waals surface area (Å²) in [6, 6.07) is 4.02. The van der Waals surface area contributed by atoms with Crippen LogP contribution in [-0.4, -0.2) is 22.4 Å². The first-order valence-electron chi connectivity index (χ1n) is 6.03. The Morgan fingerprint density at radius 1 is 1.48 bits per heavy atom. The van der Waals surface area contributed by atoms with E-state index >= 15 is 0 Å². The number of benzene rings is 1. The number of nitrogens with zero attached hydrogens (tertiary/aromatic N) is 2.